The molecule has 2 bridgehead atoms. The molecule has 12 nitrogen and oxygen atoms in total. The molecule has 2 aliphatic heterocycles. The van der Waals surface area contributed by atoms with Crippen molar-refractivity contribution in [2.45, 2.75) is 90.8 Å². The second-order valence-electron chi connectivity index (χ2n) is 13.7. The first-order chi connectivity index (χ1) is 23.5. The molecule has 1 saturated carbocycles. The van der Waals surface area contributed by atoms with Gasteiger partial charge in [0.15, 0.2) is 5.78 Å². The van der Waals surface area contributed by atoms with Crippen molar-refractivity contribution in [3.8, 4) is 11.1 Å². The lowest BCUT2D eigenvalue weighted by Crippen LogP contribution is -2.46. The van der Waals surface area contributed by atoms with Gasteiger partial charge in [-0.15, -0.1) is 0 Å². The van der Waals surface area contributed by atoms with Crippen LogP contribution in [-0.2, 0) is 27.3 Å². The summed E-state index contributed by atoms with van der Waals surface area (Å²) in [5.41, 5.74) is 4.24. The Morgan fingerprint density at radius 1 is 0.980 bits per heavy atom. The van der Waals surface area contributed by atoms with Crippen molar-refractivity contribution in [1.29, 1.82) is 0 Å². The lowest BCUT2D eigenvalue weighted by Gasteiger charge is -2.27. The van der Waals surface area contributed by atoms with Gasteiger partial charge in [-0.2, -0.15) is 5.10 Å². The number of piperidine rings is 1. The molecule has 2 fully saturated rings. The fourth-order valence-electron chi connectivity index (χ4n) is 7.57. The molecule has 0 radical (unpaired) electrons. The molecule has 4 aromatic rings. The minimum atomic E-state index is -0.759. The van der Waals surface area contributed by atoms with Crippen molar-refractivity contribution < 1.29 is 19.2 Å². The first kappa shape index (κ1) is 33.0. The van der Waals surface area contributed by atoms with Crippen molar-refractivity contribution in [2.24, 2.45) is 5.41 Å². The Balaban J connectivity index is 1.28. The number of benzene rings is 1. The van der Waals surface area contributed by atoms with Crippen molar-refractivity contribution in [3.05, 3.63) is 63.9 Å². The number of nitrogens with zero attached hydrogens (tertiary/aromatic N) is 6. The van der Waals surface area contributed by atoms with Gasteiger partial charge in [0.05, 0.1) is 5.52 Å². The third-order valence-corrected chi connectivity index (χ3v) is 10.5. The summed E-state index contributed by atoms with van der Waals surface area (Å²) in [6, 6.07) is 6.68. The fraction of sp³-hybridized carbons (Fsp3) is 0.444. The summed E-state index contributed by atoms with van der Waals surface area (Å²) in [6.45, 7) is 5.50. The summed E-state index contributed by atoms with van der Waals surface area (Å²) in [5, 5.41) is 11.4. The normalized spacial score (nSPS) is 22.7. The topological polar surface area (TPSA) is 152 Å². The largest absolute Gasteiger partial charge is 0.355 e. The smallest absolute Gasteiger partial charge is 0.248 e. The molecule has 5 heterocycles. The molecule has 0 unspecified atom stereocenters. The standard InChI is InChI=1S/C36H39BrN8O4/c1-20-10-29(37)41-30(11-20)42-35(49)27-14-36-15-28(36)45(27)32(48)18-44-34-23(8-6-4-5-7-9-31(47)40-19-36)12-24(25-16-38-22(3)39-17-25)13-26(34)33(43-44)21(2)46/h10-13,16-17,27-28H,4-9,14-15,18-19H2,1-3H3,(H,40,47)(H,41,42,49)/t27-,28+,36-/m0/s1. The molecule has 1 saturated heterocycles. The first-order valence-electron chi connectivity index (χ1n) is 16.9. The van der Waals surface area contributed by atoms with Crippen LogP contribution in [0.5, 0.6) is 0 Å². The number of aromatic nitrogens is 5. The van der Waals surface area contributed by atoms with E-state index in [4.69, 9.17) is 5.10 Å². The molecule has 7 rings (SSSR count). The number of rotatable bonds is 4. The number of anilines is 1. The second kappa shape index (κ2) is 13.1. The van der Waals surface area contributed by atoms with Crippen LogP contribution in [-0.4, -0.2) is 71.8 Å². The zero-order chi connectivity index (χ0) is 34.4. The van der Waals surface area contributed by atoms with Gasteiger partial charge in [0, 0.05) is 54.7 Å². The van der Waals surface area contributed by atoms with E-state index in [1.54, 1.807) is 28.0 Å². The number of nitrogens with one attached hydrogen (secondary N) is 2. The van der Waals surface area contributed by atoms with Gasteiger partial charge < -0.3 is 15.5 Å². The summed E-state index contributed by atoms with van der Waals surface area (Å²) in [6.07, 6.45) is 9.27. The van der Waals surface area contributed by atoms with E-state index in [-0.39, 0.29) is 41.5 Å². The maximum Gasteiger partial charge on any atom is 0.248 e. The van der Waals surface area contributed by atoms with Crippen LogP contribution >= 0.6 is 15.9 Å². The van der Waals surface area contributed by atoms with Gasteiger partial charge in [0.2, 0.25) is 17.7 Å². The third kappa shape index (κ3) is 6.60. The van der Waals surface area contributed by atoms with Crippen LogP contribution in [0.3, 0.4) is 0 Å². The lowest BCUT2D eigenvalue weighted by molar-refractivity contribution is -0.138. The predicted octanol–water partition coefficient (Wildman–Crippen LogP) is 5.09. The molecule has 3 atom stereocenters. The van der Waals surface area contributed by atoms with Gasteiger partial charge in [-0.25, -0.2) is 15.0 Å². The number of carbonyl (C=O) groups excluding carboxylic acids is 4. The Hall–Kier alpha value is -4.52. The van der Waals surface area contributed by atoms with E-state index < -0.39 is 6.04 Å². The molecule has 13 heteroatoms. The Morgan fingerprint density at radius 3 is 2.47 bits per heavy atom. The number of hydrogen-bond acceptors (Lipinski definition) is 8. The first-order valence-corrected chi connectivity index (χ1v) is 17.7. The van der Waals surface area contributed by atoms with Gasteiger partial charge in [0.25, 0.3) is 0 Å². The van der Waals surface area contributed by atoms with Gasteiger partial charge >= 0.3 is 0 Å². The Kier molecular flexibility index (Phi) is 8.80. The number of amides is 3. The molecule has 0 spiro atoms. The van der Waals surface area contributed by atoms with Crippen LogP contribution in [0, 0.1) is 19.3 Å². The summed E-state index contributed by atoms with van der Waals surface area (Å²) >= 11 is 3.40. The second-order valence-corrected chi connectivity index (χ2v) is 14.6. The minimum Gasteiger partial charge on any atom is -0.355 e. The van der Waals surface area contributed by atoms with Crippen molar-refractivity contribution in [2.75, 3.05) is 11.9 Å². The van der Waals surface area contributed by atoms with Gasteiger partial charge in [-0.3, -0.25) is 23.9 Å². The molecule has 1 aromatic carbocycles. The average Bonchev–Trinajstić information content (AvgIpc) is 3.46. The molecular formula is C36H39BrN8O4. The highest BCUT2D eigenvalue weighted by molar-refractivity contribution is 9.10. The number of Topliss-reactive ketones (excluding diaryl/α,β-unsaturated/α-hetero) is 1. The van der Waals surface area contributed by atoms with Crippen LogP contribution in [0.4, 0.5) is 5.82 Å². The maximum atomic E-state index is 14.4. The van der Waals surface area contributed by atoms with Gasteiger partial charge in [-0.05, 0) is 103 Å². The molecule has 3 amide bonds. The van der Waals surface area contributed by atoms with Crippen LogP contribution in [0.15, 0.2) is 41.3 Å². The highest BCUT2D eigenvalue weighted by Gasteiger charge is 2.67. The maximum absolute atomic E-state index is 14.4. The zero-order valence-electron chi connectivity index (χ0n) is 27.9. The Morgan fingerprint density at radius 2 is 1.73 bits per heavy atom. The van der Waals surface area contributed by atoms with E-state index >= 15 is 0 Å². The van der Waals surface area contributed by atoms with Crippen molar-refractivity contribution in [1.82, 2.24) is 34.9 Å². The summed E-state index contributed by atoms with van der Waals surface area (Å²) in [7, 11) is 0. The number of ketones is 1. The van der Waals surface area contributed by atoms with Crippen LogP contribution in [0.25, 0.3) is 22.0 Å². The molecule has 2 N–H and O–H groups in total. The highest BCUT2D eigenvalue weighted by Crippen LogP contribution is 2.59. The van der Waals surface area contributed by atoms with E-state index in [1.165, 1.54) is 6.92 Å². The van der Waals surface area contributed by atoms with E-state index in [0.29, 0.717) is 59.6 Å². The summed E-state index contributed by atoms with van der Waals surface area (Å²) in [5.74, 6) is 0.260. The van der Waals surface area contributed by atoms with E-state index in [2.05, 4.69) is 47.6 Å². The number of carbonyl (C=O) groups is 4. The lowest BCUT2D eigenvalue weighted by atomic mass is 9.96. The third-order valence-electron chi connectivity index (χ3n) is 10.1. The Labute approximate surface area is 292 Å². The van der Waals surface area contributed by atoms with E-state index in [0.717, 1.165) is 53.5 Å². The average molecular weight is 728 g/mol. The number of hydrogen-bond donors (Lipinski definition) is 2. The number of halogens is 1. The summed E-state index contributed by atoms with van der Waals surface area (Å²) in [4.78, 5) is 69.0. The quantitative estimate of drug-likeness (QED) is 0.218. The predicted molar refractivity (Wildman–Crippen MR) is 187 cm³/mol. The van der Waals surface area contributed by atoms with Crippen molar-refractivity contribution in [3.63, 3.8) is 0 Å². The SMILES string of the molecule is CC(=O)c1nn2c3c(cc(-c4cnc(C)nc4)cc13)CCCCCCC(=O)NC[C@@]13C[C@@H](C(=O)Nc4cc(C)cc(Br)n4)N(C(=O)C2)[C@@H]1C3. The monoisotopic (exact) mass is 726 g/mol. The molecule has 254 valence electrons. The van der Waals surface area contributed by atoms with Gasteiger partial charge in [-0.1, -0.05) is 12.8 Å². The number of pyridine rings is 1. The van der Waals surface area contributed by atoms with E-state index in [1.807, 2.05) is 26.0 Å². The zero-order valence-corrected chi connectivity index (χ0v) is 29.5. The molecule has 1 aliphatic carbocycles. The molecule has 49 heavy (non-hydrogen) atoms. The van der Waals surface area contributed by atoms with Crippen LogP contribution < -0.4 is 10.6 Å². The number of aryl methyl sites for hydroxylation is 3. The molecule has 3 aromatic heterocycles. The Bertz CT molecular complexity index is 1970. The minimum absolute atomic E-state index is 0.00412. The van der Waals surface area contributed by atoms with E-state index in [9.17, 15) is 19.2 Å². The molecular weight excluding hydrogens is 688 g/mol. The van der Waals surface area contributed by atoms with Gasteiger partial charge in [0.1, 0.15) is 34.5 Å². The summed E-state index contributed by atoms with van der Waals surface area (Å²) < 4.78 is 2.24. The van der Waals surface area contributed by atoms with Crippen LogP contribution in [0.1, 0.15) is 79.3 Å². The molecule has 3 aliphatic rings. The fourth-order valence-corrected chi connectivity index (χ4v) is 8.12. The van der Waals surface area contributed by atoms with Crippen molar-refractivity contribution >= 4 is 56.2 Å². The highest BCUT2D eigenvalue weighted by atomic mass is 79.9. The van der Waals surface area contributed by atoms with Crippen LogP contribution in [0.2, 0.25) is 0 Å².